The van der Waals surface area contributed by atoms with Crippen LogP contribution in [-0.2, 0) is 6.18 Å². The van der Waals surface area contributed by atoms with Crippen LogP contribution in [0.4, 0.5) is 13.2 Å². The summed E-state index contributed by atoms with van der Waals surface area (Å²) in [5, 5.41) is 3.31. The SMILES string of the molecule is CCCC(CCC)C(NC)c1ccc(C(F)(F)F)cc1C. The second kappa shape index (κ2) is 7.83. The van der Waals surface area contributed by atoms with Crippen LogP contribution in [0.15, 0.2) is 18.2 Å². The molecule has 120 valence electrons. The minimum Gasteiger partial charge on any atom is -0.313 e. The van der Waals surface area contributed by atoms with Crippen molar-refractivity contribution in [2.45, 2.75) is 58.7 Å². The molecule has 0 aliphatic rings. The molecule has 4 heteroatoms. The van der Waals surface area contributed by atoms with Gasteiger partial charge in [-0.2, -0.15) is 13.2 Å². The van der Waals surface area contributed by atoms with Crippen LogP contribution in [0.1, 0.15) is 62.3 Å². The average Bonchev–Trinajstić information content (AvgIpc) is 2.40. The van der Waals surface area contributed by atoms with Crippen LogP contribution in [0.2, 0.25) is 0 Å². The molecule has 0 aliphatic heterocycles. The number of nitrogens with one attached hydrogen (secondary N) is 1. The molecule has 1 aromatic carbocycles. The summed E-state index contributed by atoms with van der Waals surface area (Å²) in [6, 6.07) is 4.21. The lowest BCUT2D eigenvalue weighted by Gasteiger charge is -2.28. The predicted octanol–water partition coefficient (Wildman–Crippen LogP) is 5.49. The Bertz CT molecular complexity index is 434. The molecule has 0 spiro atoms. The first-order valence-corrected chi connectivity index (χ1v) is 7.70. The lowest BCUT2D eigenvalue weighted by Crippen LogP contribution is -2.26. The van der Waals surface area contributed by atoms with Crippen LogP contribution in [0.25, 0.3) is 0 Å². The van der Waals surface area contributed by atoms with E-state index >= 15 is 0 Å². The number of halogens is 3. The molecule has 1 atom stereocenters. The first-order chi connectivity index (χ1) is 9.85. The van der Waals surface area contributed by atoms with Gasteiger partial charge in [-0.15, -0.1) is 0 Å². The van der Waals surface area contributed by atoms with Gasteiger partial charge in [-0.3, -0.25) is 0 Å². The van der Waals surface area contributed by atoms with Crippen LogP contribution in [0, 0.1) is 12.8 Å². The highest BCUT2D eigenvalue weighted by Crippen LogP contribution is 2.35. The van der Waals surface area contributed by atoms with Gasteiger partial charge in [0.2, 0.25) is 0 Å². The molecular weight excluding hydrogens is 275 g/mol. The molecule has 0 heterocycles. The Morgan fingerprint density at radius 1 is 1.10 bits per heavy atom. The van der Waals surface area contributed by atoms with Crippen LogP contribution in [-0.4, -0.2) is 7.05 Å². The van der Waals surface area contributed by atoms with Gasteiger partial charge >= 0.3 is 6.18 Å². The smallest absolute Gasteiger partial charge is 0.313 e. The quantitative estimate of drug-likeness (QED) is 0.702. The fraction of sp³-hybridized carbons (Fsp3) is 0.647. The van der Waals surface area contributed by atoms with Crippen LogP contribution < -0.4 is 5.32 Å². The number of benzene rings is 1. The molecule has 0 amide bonds. The normalized spacial score (nSPS) is 13.7. The zero-order valence-corrected chi connectivity index (χ0v) is 13.3. The summed E-state index contributed by atoms with van der Waals surface area (Å²) in [7, 11) is 1.89. The summed E-state index contributed by atoms with van der Waals surface area (Å²) >= 11 is 0. The molecule has 1 rings (SSSR count). The van der Waals surface area contributed by atoms with Crippen LogP contribution in [0.5, 0.6) is 0 Å². The van der Waals surface area contributed by atoms with E-state index in [9.17, 15) is 13.2 Å². The Kier molecular flexibility index (Phi) is 6.72. The fourth-order valence-corrected chi connectivity index (χ4v) is 3.07. The van der Waals surface area contributed by atoms with Crippen LogP contribution >= 0.6 is 0 Å². The zero-order chi connectivity index (χ0) is 16.0. The van der Waals surface area contributed by atoms with Crippen molar-refractivity contribution in [2.75, 3.05) is 7.05 Å². The van der Waals surface area contributed by atoms with Gasteiger partial charge in [0.15, 0.2) is 0 Å². The summed E-state index contributed by atoms with van der Waals surface area (Å²) in [4.78, 5) is 0. The molecule has 0 fully saturated rings. The standard InChI is InChI=1S/C17H26F3N/c1-5-7-13(8-6-2)16(21-4)15-10-9-14(11-12(15)3)17(18,19)20/h9-11,13,16,21H,5-8H2,1-4H3. The summed E-state index contributed by atoms with van der Waals surface area (Å²) in [6.07, 6.45) is 0.0648. The molecule has 0 saturated heterocycles. The van der Waals surface area contributed by atoms with Crippen molar-refractivity contribution in [1.82, 2.24) is 5.32 Å². The first kappa shape index (κ1) is 18.0. The number of rotatable bonds is 7. The van der Waals surface area contributed by atoms with Crippen LogP contribution in [0.3, 0.4) is 0 Å². The van der Waals surface area contributed by atoms with Crippen molar-refractivity contribution in [3.05, 3.63) is 34.9 Å². The van der Waals surface area contributed by atoms with Crippen molar-refractivity contribution in [3.8, 4) is 0 Å². The zero-order valence-electron chi connectivity index (χ0n) is 13.3. The van der Waals surface area contributed by atoms with E-state index in [4.69, 9.17) is 0 Å². The number of hydrogen-bond donors (Lipinski definition) is 1. The van der Waals surface area contributed by atoms with E-state index in [1.165, 1.54) is 12.1 Å². The highest BCUT2D eigenvalue weighted by molar-refractivity contribution is 5.35. The molecule has 0 radical (unpaired) electrons. The first-order valence-electron chi connectivity index (χ1n) is 7.70. The van der Waals surface area contributed by atoms with Crippen molar-refractivity contribution < 1.29 is 13.2 Å². The summed E-state index contributed by atoms with van der Waals surface area (Å²) in [6.45, 7) is 6.06. The van der Waals surface area contributed by atoms with Gasteiger partial charge in [0.05, 0.1) is 5.56 Å². The maximum Gasteiger partial charge on any atom is 0.416 e. The third-order valence-electron chi connectivity index (χ3n) is 4.03. The summed E-state index contributed by atoms with van der Waals surface area (Å²) in [5.41, 5.74) is 1.12. The number of aryl methyl sites for hydroxylation is 1. The molecule has 1 N–H and O–H groups in total. The molecule has 1 unspecified atom stereocenters. The highest BCUT2D eigenvalue weighted by Gasteiger charge is 2.31. The summed E-state index contributed by atoms with van der Waals surface area (Å²) in [5.74, 6) is 0.459. The van der Waals surface area contributed by atoms with E-state index in [1.807, 2.05) is 7.05 Å². The van der Waals surface area contributed by atoms with Crippen molar-refractivity contribution in [3.63, 3.8) is 0 Å². The minimum atomic E-state index is -4.27. The molecule has 1 aromatic rings. The van der Waals surface area contributed by atoms with Gasteiger partial charge < -0.3 is 5.32 Å². The Morgan fingerprint density at radius 2 is 1.67 bits per heavy atom. The van der Waals surface area contributed by atoms with E-state index < -0.39 is 11.7 Å². The van der Waals surface area contributed by atoms with E-state index in [0.717, 1.165) is 31.2 Å². The molecular formula is C17H26F3N. The Balaban J connectivity index is 3.10. The second-order valence-electron chi connectivity index (χ2n) is 5.67. The lowest BCUT2D eigenvalue weighted by molar-refractivity contribution is -0.137. The topological polar surface area (TPSA) is 12.0 Å². The van der Waals surface area contributed by atoms with E-state index in [0.29, 0.717) is 11.5 Å². The Morgan fingerprint density at radius 3 is 2.05 bits per heavy atom. The van der Waals surface area contributed by atoms with E-state index in [1.54, 1.807) is 13.0 Å². The molecule has 21 heavy (non-hydrogen) atoms. The number of alkyl halides is 3. The molecule has 0 aromatic heterocycles. The maximum atomic E-state index is 12.8. The third-order valence-corrected chi connectivity index (χ3v) is 4.03. The third kappa shape index (κ3) is 4.73. The monoisotopic (exact) mass is 301 g/mol. The lowest BCUT2D eigenvalue weighted by atomic mass is 9.84. The molecule has 0 bridgehead atoms. The Hall–Kier alpha value is -1.03. The summed E-state index contributed by atoms with van der Waals surface area (Å²) < 4.78 is 38.3. The fourth-order valence-electron chi connectivity index (χ4n) is 3.07. The van der Waals surface area contributed by atoms with Crippen molar-refractivity contribution >= 4 is 0 Å². The number of hydrogen-bond acceptors (Lipinski definition) is 1. The van der Waals surface area contributed by atoms with E-state index in [2.05, 4.69) is 19.2 Å². The van der Waals surface area contributed by atoms with Crippen molar-refractivity contribution in [2.24, 2.45) is 5.92 Å². The predicted molar refractivity (Wildman–Crippen MR) is 81.3 cm³/mol. The molecule has 0 saturated carbocycles. The van der Waals surface area contributed by atoms with Gasteiger partial charge in [0, 0.05) is 6.04 Å². The largest absolute Gasteiger partial charge is 0.416 e. The van der Waals surface area contributed by atoms with Gasteiger partial charge in [-0.25, -0.2) is 0 Å². The molecule has 1 nitrogen and oxygen atoms in total. The average molecular weight is 301 g/mol. The second-order valence-corrected chi connectivity index (χ2v) is 5.67. The highest BCUT2D eigenvalue weighted by atomic mass is 19.4. The van der Waals surface area contributed by atoms with E-state index in [-0.39, 0.29) is 6.04 Å². The minimum absolute atomic E-state index is 0.118. The van der Waals surface area contributed by atoms with Gasteiger partial charge in [-0.05, 0) is 56.0 Å². The van der Waals surface area contributed by atoms with Gasteiger partial charge in [0.25, 0.3) is 0 Å². The van der Waals surface area contributed by atoms with Gasteiger partial charge in [0.1, 0.15) is 0 Å². The maximum absolute atomic E-state index is 12.8. The van der Waals surface area contributed by atoms with Crippen molar-refractivity contribution in [1.29, 1.82) is 0 Å². The van der Waals surface area contributed by atoms with Gasteiger partial charge in [-0.1, -0.05) is 32.8 Å². The molecule has 0 aliphatic carbocycles. The Labute approximate surface area is 125 Å².